The van der Waals surface area contributed by atoms with Gasteiger partial charge in [0.25, 0.3) is 0 Å². The van der Waals surface area contributed by atoms with E-state index in [0.717, 1.165) is 59.3 Å². The number of para-hydroxylation sites is 2. The number of nitrogens with two attached hydrogens (primary N) is 3. The van der Waals surface area contributed by atoms with E-state index in [9.17, 15) is 132 Å². The molecule has 0 saturated heterocycles. The summed E-state index contributed by atoms with van der Waals surface area (Å²) in [6.45, 7) is 1.60. The standard InChI is InChI=1S/C72H103N17O27/c1-5-6-7-8-9-10-11-22-53(94)81-44(25-38-31-76-42-20-15-13-17-39(38)42)66(109)84-45(27-52(75)93)67(110)86-48(30-59(103)104)68(111)89-61(37(4)91)70(113)78-33-54(95)80-43(21-16-23-73)64(107)85-47(29-58(101)102)65(108)79-36(3)62(105)83-46(28-57(99)100)63(106)77-32-55(96)82-50(34-90)69(112)88-60(35(2)24-56(97)98)71(114)87-49(72(115)116)26-51(92)40-18-12-14-19-41(40)74/h12-15,17-20,31,35-37,43-50,60-61,76,90-91H,5-11,16,21-30,32-34,73-74H2,1-4H3,(H2,75,93)(H,77,106)(H,78,113)(H,79,108)(H,80,95)(H,81,94)(H,82,96)(H,83,105)(H,84,109)(H,85,107)(H,86,110)(H,87,114)(H,88,112)(H,89,111)(H,97,98)(H,99,100)(H,101,102)(H,103,104)(H,115,116)/t35-,36-,37-,43+,44+,45+,46+,47+,48+,49+,50-,60+,61+/m1/s1. The number of carboxylic acids is 5. The summed E-state index contributed by atoms with van der Waals surface area (Å²) in [7, 11) is 0. The monoisotopic (exact) mass is 1640 g/mol. The first-order valence-electron chi connectivity index (χ1n) is 36.9. The Bertz CT molecular complexity index is 4020. The van der Waals surface area contributed by atoms with Crippen LogP contribution in [-0.4, -0.2) is 258 Å². The molecular formula is C72H103N17O27. The van der Waals surface area contributed by atoms with Crippen molar-refractivity contribution in [3.8, 4) is 0 Å². The number of carbonyl (C=O) groups excluding carboxylic acids is 15. The molecule has 0 radical (unpaired) electrons. The highest BCUT2D eigenvalue weighted by atomic mass is 16.4. The van der Waals surface area contributed by atoms with Crippen LogP contribution in [0.5, 0.6) is 0 Å². The van der Waals surface area contributed by atoms with Gasteiger partial charge in [-0.3, -0.25) is 91.1 Å². The number of aliphatic hydroxyl groups excluding tert-OH is 2. The number of aliphatic hydroxyl groups is 2. The summed E-state index contributed by atoms with van der Waals surface area (Å²) in [5.74, 6) is -27.9. The Labute approximate surface area is 663 Å². The van der Waals surface area contributed by atoms with Gasteiger partial charge in [-0.05, 0) is 69.3 Å². The lowest BCUT2D eigenvalue weighted by Crippen LogP contribution is -2.61. The van der Waals surface area contributed by atoms with E-state index in [2.05, 4.69) is 65.1 Å². The van der Waals surface area contributed by atoms with Crippen molar-refractivity contribution in [2.45, 2.75) is 209 Å². The summed E-state index contributed by atoms with van der Waals surface area (Å²) in [6, 6.07) is -8.39. The molecule has 44 heteroatoms. The van der Waals surface area contributed by atoms with Crippen LogP contribution < -0.4 is 86.3 Å². The van der Waals surface area contributed by atoms with Gasteiger partial charge in [0.15, 0.2) is 5.78 Å². The molecule has 2 aromatic carbocycles. The summed E-state index contributed by atoms with van der Waals surface area (Å²) in [5, 5.41) is 97.9. The Morgan fingerprint density at radius 2 is 0.897 bits per heavy atom. The number of unbranched alkanes of at least 4 members (excludes halogenated alkanes) is 6. The fourth-order valence-electron chi connectivity index (χ4n) is 11.4. The van der Waals surface area contributed by atoms with E-state index in [-0.39, 0.29) is 43.5 Å². The summed E-state index contributed by atoms with van der Waals surface area (Å²) in [4.78, 5) is 265. The maximum absolute atomic E-state index is 14.1. The van der Waals surface area contributed by atoms with Crippen molar-refractivity contribution in [3.63, 3.8) is 0 Å². The molecule has 14 amide bonds. The molecule has 44 nitrogen and oxygen atoms in total. The number of amides is 14. The van der Waals surface area contributed by atoms with Crippen LogP contribution >= 0.6 is 0 Å². The molecule has 0 spiro atoms. The number of hydrogen-bond donors (Lipinski definition) is 24. The van der Waals surface area contributed by atoms with Crippen LogP contribution in [0.25, 0.3) is 10.9 Å². The van der Waals surface area contributed by atoms with Crippen molar-refractivity contribution in [3.05, 3.63) is 65.9 Å². The van der Waals surface area contributed by atoms with Crippen molar-refractivity contribution < 1.29 is 132 Å². The Hall–Kier alpha value is -12.7. The second kappa shape index (κ2) is 49.7. The molecule has 0 saturated carbocycles. The molecule has 0 aliphatic heterocycles. The van der Waals surface area contributed by atoms with Crippen LogP contribution in [0, 0.1) is 5.92 Å². The van der Waals surface area contributed by atoms with Crippen molar-refractivity contribution in [2.75, 3.05) is 32.0 Å². The van der Waals surface area contributed by atoms with Gasteiger partial charge in [0, 0.05) is 47.6 Å². The molecule has 3 rings (SSSR count). The number of aromatic amines is 1. The minimum Gasteiger partial charge on any atom is -0.481 e. The highest BCUT2D eigenvalue weighted by Gasteiger charge is 2.39. The van der Waals surface area contributed by atoms with E-state index < -0.39 is 255 Å². The number of H-pyrrole nitrogens is 1. The molecule has 3 aromatic rings. The summed E-state index contributed by atoms with van der Waals surface area (Å²) in [5.41, 5.74) is 18.1. The van der Waals surface area contributed by atoms with Crippen LogP contribution in [-0.2, 0) is 97.5 Å². The number of primary amides is 1. The smallest absolute Gasteiger partial charge is 0.326 e. The van der Waals surface area contributed by atoms with Crippen LogP contribution in [0.15, 0.2) is 54.7 Å². The fourth-order valence-corrected chi connectivity index (χ4v) is 11.4. The lowest BCUT2D eigenvalue weighted by molar-refractivity contribution is -0.143. The molecule has 0 bridgehead atoms. The largest absolute Gasteiger partial charge is 0.481 e. The molecule has 0 unspecified atom stereocenters. The van der Waals surface area contributed by atoms with Crippen molar-refractivity contribution in [1.29, 1.82) is 0 Å². The third-order valence-corrected chi connectivity index (χ3v) is 17.6. The van der Waals surface area contributed by atoms with E-state index in [4.69, 9.17) is 17.2 Å². The van der Waals surface area contributed by atoms with Gasteiger partial charge < -0.3 is 127 Å². The highest BCUT2D eigenvalue weighted by Crippen LogP contribution is 2.21. The maximum Gasteiger partial charge on any atom is 0.326 e. The van der Waals surface area contributed by atoms with Crippen LogP contribution in [0.1, 0.15) is 146 Å². The first-order valence-corrected chi connectivity index (χ1v) is 36.9. The summed E-state index contributed by atoms with van der Waals surface area (Å²) < 4.78 is 0. The lowest BCUT2D eigenvalue weighted by atomic mass is 9.96. The number of carboxylic acid groups (broad SMARTS) is 5. The van der Waals surface area contributed by atoms with E-state index >= 15 is 0 Å². The highest BCUT2D eigenvalue weighted by molar-refractivity contribution is 6.05. The molecule has 1 aromatic heterocycles. The van der Waals surface area contributed by atoms with Gasteiger partial charge in [0.2, 0.25) is 82.7 Å². The third kappa shape index (κ3) is 34.7. The number of hydrogen-bond acceptors (Lipinski definition) is 24. The minimum absolute atomic E-state index is 0.0168. The number of rotatable bonds is 55. The predicted molar refractivity (Wildman–Crippen MR) is 404 cm³/mol. The average Bonchev–Trinajstić information content (AvgIpc) is 1.68. The Morgan fingerprint density at radius 3 is 1.44 bits per heavy atom. The number of aliphatic carboxylic acids is 5. The van der Waals surface area contributed by atoms with E-state index in [1.54, 1.807) is 30.5 Å². The molecule has 0 aliphatic rings. The van der Waals surface area contributed by atoms with Crippen LogP contribution in [0.4, 0.5) is 5.69 Å². The number of ketones is 1. The Balaban J connectivity index is 1.70. The number of Topliss-reactive ketones (excluding diaryl/α,β-unsaturated/α-hetero) is 1. The van der Waals surface area contributed by atoms with Gasteiger partial charge in [-0.1, -0.05) is 82.7 Å². The van der Waals surface area contributed by atoms with Gasteiger partial charge in [-0.2, -0.15) is 0 Å². The molecule has 13 atom stereocenters. The molecule has 116 heavy (non-hydrogen) atoms. The molecule has 0 aliphatic carbocycles. The molecule has 1 heterocycles. The lowest BCUT2D eigenvalue weighted by Gasteiger charge is -2.27. The molecular weight excluding hydrogens is 1530 g/mol. The number of aromatic nitrogens is 1. The van der Waals surface area contributed by atoms with Gasteiger partial charge in [0.05, 0.1) is 57.9 Å². The SMILES string of the molecule is CCCCCCCCCC(=O)N[C@@H](Cc1c[nH]c2ccccc12)C(=O)N[C@@H](CC(N)=O)C(=O)N[C@@H](CC(=O)O)C(=O)N[C@H](C(=O)NCC(=O)N[C@@H](CCCN)C(=O)N[C@@H](CC(=O)O)C(=O)N[C@H](C)C(=O)N[C@@H](CC(=O)O)C(=O)NCC(=O)N[C@H](CO)C(=O)N[C@H](C(=O)N[C@@H](CC(=O)c1ccccc1N)C(=O)O)[C@H](C)CC(=O)O)[C@@H](C)O. The van der Waals surface area contributed by atoms with Crippen molar-refractivity contribution >= 4 is 135 Å². The van der Waals surface area contributed by atoms with Gasteiger partial charge in [0.1, 0.15) is 66.5 Å². The second-order valence-corrected chi connectivity index (χ2v) is 27.2. The van der Waals surface area contributed by atoms with Crippen molar-refractivity contribution in [1.82, 2.24) is 74.1 Å². The topological polar surface area (TPSA) is 733 Å². The molecule has 27 N–H and O–H groups in total. The number of carbonyl (C=O) groups is 20. The zero-order valence-electron chi connectivity index (χ0n) is 64.1. The number of fused-ring (bicyclic) bond motifs is 1. The van der Waals surface area contributed by atoms with E-state index in [1.807, 2.05) is 16.0 Å². The second-order valence-electron chi connectivity index (χ2n) is 27.2. The third-order valence-electron chi connectivity index (χ3n) is 17.6. The van der Waals surface area contributed by atoms with E-state index in [1.165, 1.54) is 24.3 Å². The first-order chi connectivity index (χ1) is 54.7. The number of nitrogen functional groups attached to an aromatic ring is 1. The Morgan fingerprint density at radius 1 is 0.440 bits per heavy atom. The van der Waals surface area contributed by atoms with Gasteiger partial charge in [-0.25, -0.2) is 4.79 Å². The average molecular weight is 1640 g/mol. The fraction of sp³-hybridized carbons (Fsp3) is 0.528. The normalized spacial score (nSPS) is 14.3. The minimum atomic E-state index is -2.13. The zero-order chi connectivity index (χ0) is 87.1. The zero-order valence-corrected chi connectivity index (χ0v) is 64.1. The number of anilines is 1. The van der Waals surface area contributed by atoms with Gasteiger partial charge in [-0.15, -0.1) is 0 Å². The van der Waals surface area contributed by atoms with Gasteiger partial charge >= 0.3 is 29.8 Å². The van der Waals surface area contributed by atoms with Crippen molar-refractivity contribution in [2.24, 2.45) is 17.4 Å². The quantitative estimate of drug-likeness (QED) is 0.0142. The molecule has 638 valence electrons. The number of benzene rings is 2. The summed E-state index contributed by atoms with van der Waals surface area (Å²) in [6.07, 6.45) is -0.693. The van der Waals surface area contributed by atoms with Crippen LogP contribution in [0.2, 0.25) is 0 Å². The predicted octanol–water partition coefficient (Wildman–Crippen LogP) is -6.10. The van der Waals surface area contributed by atoms with Crippen LogP contribution in [0.3, 0.4) is 0 Å². The first kappa shape index (κ1) is 97.5. The Kier molecular flexibility index (Phi) is 41.7. The molecule has 0 fully saturated rings. The summed E-state index contributed by atoms with van der Waals surface area (Å²) >= 11 is 0. The maximum atomic E-state index is 14.1. The van der Waals surface area contributed by atoms with E-state index in [0.29, 0.717) is 22.9 Å². The number of nitrogens with one attached hydrogen (secondary N) is 14.